The van der Waals surface area contributed by atoms with Crippen LogP contribution in [0.15, 0.2) is 18.2 Å². The Morgan fingerprint density at radius 1 is 1.47 bits per heavy atom. The van der Waals surface area contributed by atoms with Crippen molar-refractivity contribution in [3.8, 4) is 5.75 Å². The molecule has 2 aliphatic heterocycles. The lowest BCUT2D eigenvalue weighted by atomic mass is 9.96. The molecule has 3 rings (SSSR count). The third-order valence-corrected chi connectivity index (χ3v) is 4.16. The molecular weight excluding hydrogens is 242 g/mol. The number of benzene rings is 1. The van der Waals surface area contributed by atoms with E-state index in [4.69, 9.17) is 4.74 Å². The Balaban J connectivity index is 1.93. The third-order valence-electron chi connectivity index (χ3n) is 4.16. The molecule has 2 heterocycles. The van der Waals surface area contributed by atoms with Gasteiger partial charge in [-0.2, -0.15) is 0 Å². The number of hydrogen-bond donors (Lipinski definition) is 1. The molecule has 0 aliphatic carbocycles. The van der Waals surface area contributed by atoms with Crippen molar-refractivity contribution in [2.24, 2.45) is 5.92 Å². The molecule has 1 amide bonds. The molecule has 4 heteroatoms. The molecule has 0 saturated carbocycles. The molecule has 0 bridgehead atoms. The topological polar surface area (TPSA) is 49.8 Å². The van der Waals surface area contributed by atoms with Crippen molar-refractivity contribution in [1.29, 1.82) is 0 Å². The molecular formula is C15H19NO3. The molecule has 2 aliphatic rings. The van der Waals surface area contributed by atoms with Crippen LogP contribution in [-0.4, -0.2) is 30.3 Å². The van der Waals surface area contributed by atoms with Gasteiger partial charge in [0.2, 0.25) is 5.91 Å². The smallest absolute Gasteiger partial charge is 0.232 e. The lowest BCUT2D eigenvalue weighted by Crippen LogP contribution is -2.41. The number of phenolic OH excluding ortho intramolecular Hbond substituents is 1. The van der Waals surface area contributed by atoms with Crippen LogP contribution in [0.5, 0.6) is 5.75 Å². The number of anilines is 1. The summed E-state index contributed by atoms with van der Waals surface area (Å²) >= 11 is 0. The van der Waals surface area contributed by atoms with Crippen molar-refractivity contribution in [2.75, 3.05) is 18.1 Å². The summed E-state index contributed by atoms with van der Waals surface area (Å²) in [6, 6.07) is 5.48. The quantitative estimate of drug-likeness (QED) is 0.842. The number of phenols is 1. The summed E-state index contributed by atoms with van der Waals surface area (Å²) in [5.74, 6) is 0.218. The highest BCUT2D eigenvalue weighted by molar-refractivity contribution is 5.98. The molecule has 1 fully saturated rings. The van der Waals surface area contributed by atoms with E-state index in [-0.39, 0.29) is 23.7 Å². The molecule has 1 aromatic rings. The summed E-state index contributed by atoms with van der Waals surface area (Å²) in [6.45, 7) is 3.29. The Bertz CT molecular complexity index is 500. The fourth-order valence-corrected chi connectivity index (χ4v) is 3.11. The van der Waals surface area contributed by atoms with E-state index in [0.717, 1.165) is 24.8 Å². The minimum absolute atomic E-state index is 0.0243. The number of carbonyl (C=O) groups is 1. The van der Waals surface area contributed by atoms with E-state index in [1.54, 1.807) is 11.0 Å². The maximum absolute atomic E-state index is 12.7. The van der Waals surface area contributed by atoms with Gasteiger partial charge in [0.25, 0.3) is 0 Å². The van der Waals surface area contributed by atoms with Gasteiger partial charge in [-0.1, -0.05) is 12.1 Å². The number of ether oxygens (including phenoxy) is 1. The Kier molecular flexibility index (Phi) is 3.19. The highest BCUT2D eigenvalue weighted by atomic mass is 16.5. The predicted molar refractivity (Wildman–Crippen MR) is 72.3 cm³/mol. The summed E-state index contributed by atoms with van der Waals surface area (Å²) in [5.41, 5.74) is 1.77. The van der Waals surface area contributed by atoms with E-state index < -0.39 is 0 Å². The van der Waals surface area contributed by atoms with Gasteiger partial charge in [-0.25, -0.2) is 0 Å². The molecule has 0 radical (unpaired) electrons. The van der Waals surface area contributed by atoms with Crippen molar-refractivity contribution in [3.05, 3.63) is 23.8 Å². The normalized spacial score (nSPS) is 26.3. The van der Waals surface area contributed by atoms with Crippen LogP contribution in [0.4, 0.5) is 5.69 Å². The molecule has 2 atom stereocenters. The Morgan fingerprint density at radius 3 is 3.05 bits per heavy atom. The van der Waals surface area contributed by atoms with Crippen LogP contribution >= 0.6 is 0 Å². The zero-order chi connectivity index (χ0) is 13.4. The first-order valence-corrected chi connectivity index (χ1v) is 6.92. The number of hydrogen-bond acceptors (Lipinski definition) is 3. The van der Waals surface area contributed by atoms with Crippen molar-refractivity contribution in [3.63, 3.8) is 0 Å². The summed E-state index contributed by atoms with van der Waals surface area (Å²) in [6.07, 6.45) is 2.62. The number of aromatic hydroxyl groups is 1. The van der Waals surface area contributed by atoms with Gasteiger partial charge in [-0.15, -0.1) is 0 Å². The Morgan fingerprint density at radius 2 is 2.32 bits per heavy atom. The largest absolute Gasteiger partial charge is 0.506 e. The molecule has 1 saturated heterocycles. The molecule has 4 nitrogen and oxygen atoms in total. The number of fused-ring (bicyclic) bond motifs is 1. The average Bonchev–Trinajstić information content (AvgIpc) is 2.84. The Labute approximate surface area is 113 Å². The van der Waals surface area contributed by atoms with Gasteiger partial charge in [-0.05, 0) is 37.8 Å². The van der Waals surface area contributed by atoms with Gasteiger partial charge in [0.1, 0.15) is 5.75 Å². The number of nitrogens with zero attached hydrogens (tertiary/aromatic N) is 1. The SMILES string of the molecule is CC1OCCC1C(=O)N1CCCc2cccc(O)c21. The Hall–Kier alpha value is -1.55. The fraction of sp³-hybridized carbons (Fsp3) is 0.533. The minimum Gasteiger partial charge on any atom is -0.506 e. The molecule has 1 aromatic carbocycles. The van der Waals surface area contributed by atoms with Crippen LogP contribution in [0.25, 0.3) is 0 Å². The second-order valence-electron chi connectivity index (χ2n) is 5.35. The molecule has 2 unspecified atom stereocenters. The molecule has 102 valence electrons. The first-order valence-electron chi connectivity index (χ1n) is 6.92. The molecule has 1 N–H and O–H groups in total. The number of para-hydroxylation sites is 1. The van der Waals surface area contributed by atoms with Crippen LogP contribution in [0.2, 0.25) is 0 Å². The van der Waals surface area contributed by atoms with Gasteiger partial charge in [0, 0.05) is 13.2 Å². The maximum Gasteiger partial charge on any atom is 0.232 e. The van der Waals surface area contributed by atoms with E-state index >= 15 is 0 Å². The van der Waals surface area contributed by atoms with E-state index in [1.807, 2.05) is 19.1 Å². The van der Waals surface area contributed by atoms with Crippen LogP contribution in [0, 0.1) is 5.92 Å². The number of aryl methyl sites for hydroxylation is 1. The van der Waals surface area contributed by atoms with E-state index in [0.29, 0.717) is 18.8 Å². The van der Waals surface area contributed by atoms with Gasteiger partial charge in [0.05, 0.1) is 17.7 Å². The number of amides is 1. The number of rotatable bonds is 1. The second-order valence-corrected chi connectivity index (χ2v) is 5.35. The van der Waals surface area contributed by atoms with Gasteiger partial charge >= 0.3 is 0 Å². The van der Waals surface area contributed by atoms with E-state index in [9.17, 15) is 9.90 Å². The molecule has 19 heavy (non-hydrogen) atoms. The summed E-state index contributed by atoms with van der Waals surface area (Å²) in [7, 11) is 0. The van der Waals surface area contributed by atoms with Crippen molar-refractivity contribution < 1.29 is 14.6 Å². The maximum atomic E-state index is 12.7. The van der Waals surface area contributed by atoms with Crippen molar-refractivity contribution >= 4 is 11.6 Å². The van der Waals surface area contributed by atoms with Crippen molar-refractivity contribution in [2.45, 2.75) is 32.3 Å². The molecule has 0 spiro atoms. The lowest BCUT2D eigenvalue weighted by Gasteiger charge is -2.32. The van der Waals surface area contributed by atoms with Crippen molar-refractivity contribution in [1.82, 2.24) is 0 Å². The summed E-state index contributed by atoms with van der Waals surface area (Å²) in [5, 5.41) is 10.1. The first kappa shape index (κ1) is 12.5. The van der Waals surface area contributed by atoms with Crippen LogP contribution < -0.4 is 4.90 Å². The van der Waals surface area contributed by atoms with Gasteiger partial charge in [0.15, 0.2) is 0 Å². The first-order chi connectivity index (χ1) is 9.18. The van der Waals surface area contributed by atoms with Gasteiger partial charge < -0.3 is 14.7 Å². The summed E-state index contributed by atoms with van der Waals surface area (Å²) in [4.78, 5) is 14.4. The average molecular weight is 261 g/mol. The highest BCUT2D eigenvalue weighted by Crippen LogP contribution is 2.37. The van der Waals surface area contributed by atoms with E-state index in [1.165, 1.54) is 0 Å². The molecule has 0 aromatic heterocycles. The standard InChI is InChI=1S/C15H19NO3/c1-10-12(7-9-19-10)15(18)16-8-3-5-11-4-2-6-13(17)14(11)16/h2,4,6,10,12,17H,3,5,7-9H2,1H3. The predicted octanol–water partition coefficient (Wildman–Crippen LogP) is 2.10. The monoisotopic (exact) mass is 261 g/mol. The van der Waals surface area contributed by atoms with Gasteiger partial charge in [-0.3, -0.25) is 4.79 Å². The van der Waals surface area contributed by atoms with Crippen LogP contribution in [0.3, 0.4) is 0 Å². The fourth-order valence-electron chi connectivity index (χ4n) is 3.11. The highest BCUT2D eigenvalue weighted by Gasteiger charge is 2.36. The number of carbonyl (C=O) groups excluding carboxylic acids is 1. The van der Waals surface area contributed by atoms with Crippen LogP contribution in [0.1, 0.15) is 25.3 Å². The third kappa shape index (κ3) is 2.10. The summed E-state index contributed by atoms with van der Waals surface area (Å²) < 4.78 is 5.49. The van der Waals surface area contributed by atoms with E-state index in [2.05, 4.69) is 0 Å². The zero-order valence-corrected chi connectivity index (χ0v) is 11.1. The lowest BCUT2D eigenvalue weighted by molar-refractivity contribution is -0.123. The second kappa shape index (κ2) is 4.85. The zero-order valence-electron chi connectivity index (χ0n) is 11.1. The van der Waals surface area contributed by atoms with Crippen LogP contribution in [-0.2, 0) is 16.0 Å². The minimum atomic E-state index is -0.0782.